The largest absolute Gasteiger partial charge is 0.496 e. The van der Waals surface area contributed by atoms with Crippen molar-refractivity contribution < 1.29 is 52.6 Å². The lowest BCUT2D eigenvalue weighted by molar-refractivity contribution is -0.338. The van der Waals surface area contributed by atoms with E-state index in [9.17, 15) is 19.5 Å². The van der Waals surface area contributed by atoms with Crippen LogP contribution >= 0.6 is 0 Å². The van der Waals surface area contributed by atoms with Gasteiger partial charge in [-0.3, -0.25) is 4.79 Å². The molecule has 38 heavy (non-hydrogen) atoms. The van der Waals surface area contributed by atoms with Gasteiger partial charge in [0.1, 0.15) is 48.0 Å². The quantitative estimate of drug-likeness (QED) is 0.455. The Labute approximate surface area is 218 Å². The van der Waals surface area contributed by atoms with E-state index in [4.69, 9.17) is 33.2 Å². The Morgan fingerprint density at radius 2 is 1.74 bits per heavy atom. The number of hydrogen-bond acceptors (Lipinski definition) is 10. The number of ether oxygens (including phenoxy) is 7. The molecule has 2 aromatic rings. The molecule has 6 unspecified atom stereocenters. The van der Waals surface area contributed by atoms with E-state index in [-0.39, 0.29) is 17.9 Å². The molecule has 6 atom stereocenters. The third-order valence-corrected chi connectivity index (χ3v) is 6.04. The zero-order valence-electron chi connectivity index (χ0n) is 21.0. The molecule has 0 bridgehead atoms. The predicted octanol–water partition coefficient (Wildman–Crippen LogP) is 1.67. The topological polar surface area (TPSA) is 148 Å². The van der Waals surface area contributed by atoms with Crippen molar-refractivity contribution in [3.05, 3.63) is 59.7 Å². The van der Waals surface area contributed by atoms with Gasteiger partial charge in [-0.15, -0.1) is 0 Å². The minimum atomic E-state index is -1.21. The highest BCUT2D eigenvalue weighted by molar-refractivity contribution is 5.92. The smallest absolute Gasteiger partial charge is 0.341 e. The molecule has 2 aliphatic heterocycles. The van der Waals surface area contributed by atoms with Gasteiger partial charge in [0.2, 0.25) is 12.2 Å². The van der Waals surface area contributed by atoms with Crippen molar-refractivity contribution >= 4 is 17.8 Å². The summed E-state index contributed by atoms with van der Waals surface area (Å²) in [5.41, 5.74) is 0.754. The maximum atomic E-state index is 12.3. The van der Waals surface area contributed by atoms with Crippen LogP contribution in [0.4, 0.5) is 0 Å². The standard InChI is InChI=1S/C26H29NO11/c1-14(28)27-21-23(34-13-20(29)30)22-19(12-35-25(38-22)16-9-5-6-10-17(16)32-2)37-26(21)36-18-11-7-4-8-15(18)24(31)33-3/h4-11,19,21-23,25-26H,12-13H2,1-3H3,(H,27,28)(H,29,30). The molecule has 2 fully saturated rings. The van der Waals surface area contributed by atoms with Gasteiger partial charge in [-0.1, -0.05) is 30.3 Å². The Morgan fingerprint density at radius 3 is 2.42 bits per heavy atom. The summed E-state index contributed by atoms with van der Waals surface area (Å²) >= 11 is 0. The fourth-order valence-electron chi connectivity index (χ4n) is 4.42. The van der Waals surface area contributed by atoms with E-state index in [0.717, 1.165) is 0 Å². The monoisotopic (exact) mass is 531 g/mol. The van der Waals surface area contributed by atoms with Crippen LogP contribution in [0.2, 0.25) is 0 Å². The van der Waals surface area contributed by atoms with E-state index in [1.54, 1.807) is 42.5 Å². The van der Waals surface area contributed by atoms with Crippen LogP contribution in [-0.4, -0.2) is 81.0 Å². The fourth-order valence-corrected chi connectivity index (χ4v) is 4.42. The summed E-state index contributed by atoms with van der Waals surface area (Å²) in [6, 6.07) is 12.5. The van der Waals surface area contributed by atoms with Crippen molar-refractivity contribution in [2.75, 3.05) is 27.4 Å². The molecule has 2 N–H and O–H groups in total. The van der Waals surface area contributed by atoms with Crippen LogP contribution in [-0.2, 0) is 33.3 Å². The molecule has 0 aromatic heterocycles. The van der Waals surface area contributed by atoms with Crippen LogP contribution in [0.5, 0.6) is 11.5 Å². The van der Waals surface area contributed by atoms with Crippen molar-refractivity contribution in [2.24, 2.45) is 0 Å². The maximum absolute atomic E-state index is 12.3. The molecule has 12 nitrogen and oxygen atoms in total. The van der Waals surface area contributed by atoms with Crippen LogP contribution in [0.25, 0.3) is 0 Å². The van der Waals surface area contributed by atoms with Crippen LogP contribution in [0.15, 0.2) is 48.5 Å². The number of fused-ring (bicyclic) bond motifs is 1. The lowest BCUT2D eigenvalue weighted by Crippen LogP contribution is -2.68. The number of esters is 1. The number of methoxy groups -OCH3 is 2. The zero-order valence-corrected chi connectivity index (χ0v) is 21.0. The molecule has 0 radical (unpaired) electrons. The molecule has 204 valence electrons. The molecule has 0 aliphatic carbocycles. The molecule has 2 heterocycles. The van der Waals surface area contributed by atoms with Gasteiger partial charge in [-0.25, -0.2) is 9.59 Å². The fraction of sp³-hybridized carbons (Fsp3) is 0.423. The van der Waals surface area contributed by atoms with E-state index in [1.807, 2.05) is 0 Å². The molecular weight excluding hydrogens is 502 g/mol. The first-order chi connectivity index (χ1) is 18.3. The third kappa shape index (κ3) is 6.05. The summed E-state index contributed by atoms with van der Waals surface area (Å²) < 4.78 is 40.4. The Kier molecular flexibility index (Phi) is 8.79. The number of amides is 1. The van der Waals surface area contributed by atoms with Crippen LogP contribution in [0, 0.1) is 0 Å². The molecule has 1 amide bonds. The predicted molar refractivity (Wildman–Crippen MR) is 129 cm³/mol. The summed E-state index contributed by atoms with van der Waals surface area (Å²) in [7, 11) is 2.76. The number of carboxylic acid groups (broad SMARTS) is 1. The third-order valence-electron chi connectivity index (χ3n) is 6.04. The summed E-state index contributed by atoms with van der Waals surface area (Å²) in [5, 5.41) is 12.1. The minimum absolute atomic E-state index is 0.0333. The number of carbonyl (C=O) groups is 3. The van der Waals surface area contributed by atoms with E-state index in [0.29, 0.717) is 11.3 Å². The number of aliphatic carboxylic acids is 1. The van der Waals surface area contributed by atoms with Crippen molar-refractivity contribution in [1.29, 1.82) is 0 Å². The molecule has 0 saturated carbocycles. The van der Waals surface area contributed by atoms with Crippen molar-refractivity contribution in [3.8, 4) is 11.5 Å². The van der Waals surface area contributed by atoms with Crippen LogP contribution in [0.1, 0.15) is 29.1 Å². The van der Waals surface area contributed by atoms with E-state index < -0.39 is 61.4 Å². The number of para-hydroxylation sites is 2. The Hall–Kier alpha value is -3.71. The van der Waals surface area contributed by atoms with Gasteiger partial charge in [-0.05, 0) is 18.2 Å². The van der Waals surface area contributed by atoms with Gasteiger partial charge in [0, 0.05) is 12.5 Å². The Morgan fingerprint density at radius 1 is 1.03 bits per heavy atom. The minimum Gasteiger partial charge on any atom is -0.496 e. The maximum Gasteiger partial charge on any atom is 0.341 e. The lowest BCUT2D eigenvalue weighted by atomic mass is 9.95. The summed E-state index contributed by atoms with van der Waals surface area (Å²) in [4.78, 5) is 35.9. The lowest BCUT2D eigenvalue weighted by Gasteiger charge is -2.49. The first kappa shape index (κ1) is 27.3. The average Bonchev–Trinajstić information content (AvgIpc) is 2.92. The normalized spacial score (nSPS) is 26.5. The second-order valence-corrected chi connectivity index (χ2v) is 8.55. The number of rotatable bonds is 9. The first-order valence-corrected chi connectivity index (χ1v) is 11.8. The molecule has 2 aromatic carbocycles. The SMILES string of the molecule is COC(=O)c1ccccc1OC1OC2COC(c3ccccc3OC)OC2C(OCC(=O)O)C1NC(C)=O. The molecule has 0 spiro atoms. The van der Waals surface area contributed by atoms with Crippen molar-refractivity contribution in [3.63, 3.8) is 0 Å². The molecule has 12 heteroatoms. The summed E-state index contributed by atoms with van der Waals surface area (Å²) in [5.74, 6) is -1.61. The zero-order chi connectivity index (χ0) is 27.2. The van der Waals surface area contributed by atoms with E-state index >= 15 is 0 Å². The number of benzene rings is 2. The highest BCUT2D eigenvalue weighted by atomic mass is 16.8. The van der Waals surface area contributed by atoms with E-state index in [2.05, 4.69) is 5.32 Å². The molecule has 4 rings (SSSR count). The highest BCUT2D eigenvalue weighted by Crippen LogP contribution is 2.38. The van der Waals surface area contributed by atoms with Crippen molar-refractivity contribution in [2.45, 2.75) is 43.9 Å². The van der Waals surface area contributed by atoms with Crippen molar-refractivity contribution in [1.82, 2.24) is 5.32 Å². The second kappa shape index (κ2) is 12.2. The number of carboxylic acids is 1. The number of carbonyl (C=O) groups excluding carboxylic acids is 2. The van der Waals surface area contributed by atoms with Gasteiger partial charge >= 0.3 is 11.9 Å². The molecule has 2 saturated heterocycles. The van der Waals surface area contributed by atoms with Crippen LogP contribution in [0.3, 0.4) is 0 Å². The van der Waals surface area contributed by atoms with Gasteiger partial charge in [0.05, 0.1) is 20.8 Å². The van der Waals surface area contributed by atoms with Gasteiger partial charge < -0.3 is 43.6 Å². The number of nitrogens with one attached hydrogen (secondary N) is 1. The average molecular weight is 532 g/mol. The first-order valence-electron chi connectivity index (χ1n) is 11.8. The highest BCUT2D eigenvalue weighted by Gasteiger charge is 2.52. The second-order valence-electron chi connectivity index (χ2n) is 8.55. The summed E-state index contributed by atoms with van der Waals surface area (Å²) in [6.45, 7) is 0.660. The van der Waals surface area contributed by atoms with Gasteiger partial charge in [0.25, 0.3) is 0 Å². The van der Waals surface area contributed by atoms with Gasteiger partial charge in [0.15, 0.2) is 6.29 Å². The van der Waals surface area contributed by atoms with E-state index in [1.165, 1.54) is 27.2 Å². The van der Waals surface area contributed by atoms with Crippen LogP contribution < -0.4 is 14.8 Å². The Bertz CT molecular complexity index is 1160. The molecular formula is C26H29NO11. The number of hydrogen-bond donors (Lipinski definition) is 2. The molecule has 2 aliphatic rings. The summed E-state index contributed by atoms with van der Waals surface area (Å²) in [6.07, 6.45) is -4.71. The van der Waals surface area contributed by atoms with Gasteiger partial charge in [-0.2, -0.15) is 0 Å². The Balaban J connectivity index is 1.67.